The lowest BCUT2D eigenvalue weighted by Crippen LogP contribution is -2.43. The zero-order chi connectivity index (χ0) is 14.9. The van der Waals surface area contributed by atoms with Crippen LogP contribution in [0, 0.1) is 0 Å². The quantitative estimate of drug-likeness (QED) is 0.812. The van der Waals surface area contributed by atoms with Crippen molar-refractivity contribution >= 4 is 11.7 Å². The molecule has 6 nitrogen and oxygen atoms in total. The van der Waals surface area contributed by atoms with Crippen molar-refractivity contribution in [3.05, 3.63) is 29.8 Å². The van der Waals surface area contributed by atoms with Crippen LogP contribution in [0.4, 0.5) is 10.5 Å². The number of morpholine rings is 1. The number of carbonyl (C=O) groups excluding carboxylic acids is 1. The molecule has 2 rings (SSSR count). The lowest BCUT2D eigenvalue weighted by Gasteiger charge is -2.27. The van der Waals surface area contributed by atoms with Gasteiger partial charge >= 0.3 is 6.03 Å². The minimum Gasteiger partial charge on any atom is -0.382 e. The first kappa shape index (κ1) is 15.8. The van der Waals surface area contributed by atoms with Crippen LogP contribution in [0.25, 0.3) is 0 Å². The topological polar surface area (TPSA) is 60.0 Å². The molecule has 1 aromatic rings. The van der Waals surface area contributed by atoms with E-state index in [4.69, 9.17) is 14.2 Å². The summed E-state index contributed by atoms with van der Waals surface area (Å²) in [7, 11) is 1.64. The summed E-state index contributed by atoms with van der Waals surface area (Å²) >= 11 is 0. The number of nitrogens with one attached hydrogen (secondary N) is 1. The average Bonchev–Trinajstić information content (AvgIpc) is 2.53. The van der Waals surface area contributed by atoms with E-state index in [1.807, 2.05) is 24.3 Å². The molecule has 1 fully saturated rings. The number of hydrogen-bond acceptors (Lipinski definition) is 4. The van der Waals surface area contributed by atoms with Gasteiger partial charge in [-0.25, -0.2) is 4.79 Å². The first-order chi connectivity index (χ1) is 10.3. The summed E-state index contributed by atoms with van der Waals surface area (Å²) in [6.07, 6.45) is 0. The van der Waals surface area contributed by atoms with Crippen molar-refractivity contribution in [3.63, 3.8) is 0 Å². The Morgan fingerprint density at radius 3 is 2.90 bits per heavy atom. The van der Waals surface area contributed by atoms with Crippen molar-refractivity contribution < 1.29 is 19.0 Å². The molecule has 2 amide bonds. The van der Waals surface area contributed by atoms with E-state index in [9.17, 15) is 4.79 Å². The van der Waals surface area contributed by atoms with Crippen LogP contribution in [0.1, 0.15) is 5.56 Å². The molecule has 0 unspecified atom stereocenters. The van der Waals surface area contributed by atoms with Crippen molar-refractivity contribution in [1.29, 1.82) is 0 Å². The molecule has 0 atom stereocenters. The molecule has 0 aromatic heterocycles. The number of nitrogens with zero attached hydrogens (tertiary/aromatic N) is 1. The molecule has 1 saturated heterocycles. The zero-order valence-corrected chi connectivity index (χ0v) is 12.3. The van der Waals surface area contributed by atoms with Gasteiger partial charge in [0.2, 0.25) is 0 Å². The highest BCUT2D eigenvalue weighted by Crippen LogP contribution is 2.13. The molecule has 116 valence electrons. The predicted octanol–water partition coefficient (Wildman–Crippen LogP) is 1.71. The van der Waals surface area contributed by atoms with Crippen LogP contribution in [-0.2, 0) is 20.8 Å². The first-order valence-electron chi connectivity index (χ1n) is 7.09. The van der Waals surface area contributed by atoms with Gasteiger partial charge in [-0.15, -0.1) is 0 Å². The van der Waals surface area contributed by atoms with Gasteiger partial charge in [0.15, 0.2) is 0 Å². The second-order valence-corrected chi connectivity index (χ2v) is 4.78. The average molecular weight is 294 g/mol. The molecule has 6 heteroatoms. The molecule has 1 heterocycles. The molecule has 1 aromatic carbocycles. The number of ether oxygens (including phenoxy) is 3. The van der Waals surface area contributed by atoms with Crippen LogP contribution in [0.5, 0.6) is 0 Å². The molecule has 0 saturated carbocycles. The summed E-state index contributed by atoms with van der Waals surface area (Å²) in [5.74, 6) is 0. The number of methoxy groups -OCH3 is 1. The maximum Gasteiger partial charge on any atom is 0.321 e. The molecule has 1 aliphatic heterocycles. The lowest BCUT2D eigenvalue weighted by molar-refractivity contribution is 0.0564. The van der Waals surface area contributed by atoms with Gasteiger partial charge in [-0.3, -0.25) is 0 Å². The fourth-order valence-electron chi connectivity index (χ4n) is 2.04. The highest BCUT2D eigenvalue weighted by atomic mass is 16.5. The van der Waals surface area contributed by atoms with Crippen LogP contribution in [0.3, 0.4) is 0 Å². The van der Waals surface area contributed by atoms with Crippen molar-refractivity contribution in [1.82, 2.24) is 4.90 Å². The van der Waals surface area contributed by atoms with Crippen molar-refractivity contribution in [2.75, 3.05) is 51.9 Å². The monoisotopic (exact) mass is 294 g/mol. The fraction of sp³-hybridized carbons (Fsp3) is 0.533. The maximum atomic E-state index is 12.1. The predicted molar refractivity (Wildman–Crippen MR) is 79.4 cm³/mol. The van der Waals surface area contributed by atoms with E-state index in [1.165, 1.54) is 0 Å². The van der Waals surface area contributed by atoms with Gasteiger partial charge < -0.3 is 24.4 Å². The number of hydrogen-bond donors (Lipinski definition) is 1. The van der Waals surface area contributed by atoms with E-state index in [0.29, 0.717) is 46.1 Å². The van der Waals surface area contributed by atoms with E-state index >= 15 is 0 Å². The third-order valence-electron chi connectivity index (χ3n) is 3.18. The van der Waals surface area contributed by atoms with Gasteiger partial charge in [0.1, 0.15) is 0 Å². The molecule has 0 spiro atoms. The second kappa shape index (κ2) is 8.61. The summed E-state index contributed by atoms with van der Waals surface area (Å²) in [5.41, 5.74) is 1.80. The van der Waals surface area contributed by atoms with Gasteiger partial charge in [-0.1, -0.05) is 12.1 Å². The number of rotatable bonds is 6. The Kier molecular flexibility index (Phi) is 6.46. The molecule has 0 aliphatic carbocycles. The van der Waals surface area contributed by atoms with Crippen LogP contribution < -0.4 is 5.32 Å². The van der Waals surface area contributed by atoms with Crippen LogP contribution in [0.2, 0.25) is 0 Å². The maximum absolute atomic E-state index is 12.1. The minimum atomic E-state index is -0.0873. The summed E-state index contributed by atoms with van der Waals surface area (Å²) in [5, 5.41) is 2.90. The van der Waals surface area contributed by atoms with E-state index < -0.39 is 0 Å². The number of urea groups is 1. The van der Waals surface area contributed by atoms with Crippen molar-refractivity contribution in [2.24, 2.45) is 0 Å². The molecule has 1 N–H and O–H groups in total. The molecular weight excluding hydrogens is 272 g/mol. The lowest BCUT2D eigenvalue weighted by atomic mass is 10.2. The van der Waals surface area contributed by atoms with Gasteiger partial charge in [0.25, 0.3) is 0 Å². The Labute approximate surface area is 125 Å². The Morgan fingerprint density at radius 2 is 2.14 bits per heavy atom. The standard InChI is InChI=1S/C15H22N2O4/c1-19-9-10-21-12-13-3-2-4-14(11-13)16-15(18)17-5-7-20-8-6-17/h2-4,11H,5-10,12H2,1H3,(H,16,18). The Morgan fingerprint density at radius 1 is 1.33 bits per heavy atom. The SMILES string of the molecule is COCCOCc1cccc(NC(=O)N2CCOCC2)c1. The summed E-state index contributed by atoms with van der Waals surface area (Å²) in [4.78, 5) is 13.8. The normalized spacial score (nSPS) is 15.0. The molecular formula is C15H22N2O4. The minimum absolute atomic E-state index is 0.0873. The molecule has 1 aliphatic rings. The van der Waals surface area contributed by atoms with Gasteiger partial charge in [-0.2, -0.15) is 0 Å². The molecule has 0 radical (unpaired) electrons. The van der Waals surface area contributed by atoms with Gasteiger partial charge in [0.05, 0.1) is 33.0 Å². The summed E-state index contributed by atoms with van der Waals surface area (Å²) < 4.78 is 15.6. The zero-order valence-electron chi connectivity index (χ0n) is 12.3. The fourth-order valence-corrected chi connectivity index (χ4v) is 2.04. The van der Waals surface area contributed by atoms with E-state index in [0.717, 1.165) is 11.3 Å². The molecule has 21 heavy (non-hydrogen) atoms. The number of anilines is 1. The Bertz CT molecular complexity index is 447. The van der Waals surface area contributed by atoms with E-state index in [2.05, 4.69) is 5.32 Å². The van der Waals surface area contributed by atoms with Crippen LogP contribution in [0.15, 0.2) is 24.3 Å². The summed E-state index contributed by atoms with van der Waals surface area (Å²) in [6.45, 7) is 4.10. The highest BCUT2D eigenvalue weighted by molar-refractivity contribution is 5.89. The van der Waals surface area contributed by atoms with E-state index in [1.54, 1.807) is 12.0 Å². The summed E-state index contributed by atoms with van der Waals surface area (Å²) in [6, 6.07) is 7.58. The number of amides is 2. The number of benzene rings is 1. The highest BCUT2D eigenvalue weighted by Gasteiger charge is 2.16. The third kappa shape index (κ3) is 5.34. The third-order valence-corrected chi connectivity index (χ3v) is 3.18. The van der Waals surface area contributed by atoms with E-state index in [-0.39, 0.29) is 6.03 Å². The molecule has 0 bridgehead atoms. The smallest absolute Gasteiger partial charge is 0.321 e. The van der Waals surface area contributed by atoms with Crippen LogP contribution >= 0.6 is 0 Å². The first-order valence-corrected chi connectivity index (χ1v) is 7.09. The van der Waals surface area contributed by atoms with Gasteiger partial charge in [0, 0.05) is 25.9 Å². The largest absolute Gasteiger partial charge is 0.382 e. The Balaban J connectivity index is 1.83. The van der Waals surface area contributed by atoms with Crippen LogP contribution in [-0.4, -0.2) is 57.6 Å². The van der Waals surface area contributed by atoms with Crippen molar-refractivity contribution in [2.45, 2.75) is 6.61 Å². The number of carbonyl (C=O) groups is 1. The van der Waals surface area contributed by atoms with Gasteiger partial charge in [-0.05, 0) is 17.7 Å². The second-order valence-electron chi connectivity index (χ2n) is 4.78. The Hall–Kier alpha value is -1.63. The van der Waals surface area contributed by atoms with Crippen molar-refractivity contribution in [3.8, 4) is 0 Å².